The van der Waals surface area contributed by atoms with Crippen LogP contribution in [0.4, 0.5) is 0 Å². The number of hydrogen-bond acceptors (Lipinski definition) is 3. The second-order valence-electron chi connectivity index (χ2n) is 5.88. The molecule has 2 unspecified atom stereocenters. The minimum absolute atomic E-state index is 0.000561. The van der Waals surface area contributed by atoms with Crippen molar-refractivity contribution in [2.75, 3.05) is 6.54 Å². The summed E-state index contributed by atoms with van der Waals surface area (Å²) in [5.74, 6) is -0.203. The van der Waals surface area contributed by atoms with E-state index >= 15 is 0 Å². The van der Waals surface area contributed by atoms with E-state index in [-0.39, 0.29) is 11.9 Å². The smallest absolute Gasteiger partial charge is 0.306 e. The van der Waals surface area contributed by atoms with E-state index in [1.807, 2.05) is 62.4 Å². The van der Waals surface area contributed by atoms with Crippen LogP contribution in [0.5, 0.6) is 0 Å². The quantitative estimate of drug-likeness (QED) is 0.794. The first-order valence-corrected chi connectivity index (χ1v) is 8.13. The molecule has 0 aliphatic rings. The van der Waals surface area contributed by atoms with Gasteiger partial charge in [-0.15, -0.1) is 0 Å². The van der Waals surface area contributed by atoms with Crippen molar-refractivity contribution in [1.82, 2.24) is 0 Å². The Labute approximate surface area is 138 Å². The zero-order valence-corrected chi connectivity index (χ0v) is 13.9. The number of ether oxygens (including phenoxy) is 1. The summed E-state index contributed by atoms with van der Waals surface area (Å²) >= 11 is 0. The van der Waals surface area contributed by atoms with Gasteiger partial charge in [0.1, 0.15) is 5.60 Å². The molecule has 0 aliphatic heterocycles. The largest absolute Gasteiger partial charge is 0.453 e. The van der Waals surface area contributed by atoms with Gasteiger partial charge in [-0.3, -0.25) is 4.79 Å². The highest BCUT2D eigenvalue weighted by atomic mass is 16.6. The summed E-state index contributed by atoms with van der Waals surface area (Å²) in [5, 5.41) is 0. The second kappa shape index (κ2) is 7.93. The molecule has 2 N–H and O–H groups in total. The average molecular weight is 311 g/mol. The van der Waals surface area contributed by atoms with Gasteiger partial charge in [0.25, 0.3) is 0 Å². The van der Waals surface area contributed by atoms with Gasteiger partial charge in [0.15, 0.2) is 0 Å². The van der Waals surface area contributed by atoms with Gasteiger partial charge in [-0.2, -0.15) is 0 Å². The Morgan fingerprint density at radius 3 is 2.17 bits per heavy atom. The highest BCUT2D eigenvalue weighted by Crippen LogP contribution is 2.37. The Morgan fingerprint density at radius 1 is 1.09 bits per heavy atom. The van der Waals surface area contributed by atoms with Crippen LogP contribution in [-0.4, -0.2) is 12.5 Å². The number of rotatable bonds is 7. The Morgan fingerprint density at radius 2 is 1.65 bits per heavy atom. The molecule has 0 amide bonds. The summed E-state index contributed by atoms with van der Waals surface area (Å²) in [6.07, 6.45) is 0.961. The van der Waals surface area contributed by atoms with E-state index in [4.69, 9.17) is 10.5 Å². The van der Waals surface area contributed by atoms with Crippen LogP contribution in [0.2, 0.25) is 0 Å². The van der Waals surface area contributed by atoms with Crippen molar-refractivity contribution in [3.05, 3.63) is 71.8 Å². The van der Waals surface area contributed by atoms with Crippen LogP contribution in [0.1, 0.15) is 31.4 Å². The Balaban J connectivity index is 2.51. The molecule has 0 heterocycles. The van der Waals surface area contributed by atoms with Gasteiger partial charge in [0.05, 0.1) is 0 Å². The van der Waals surface area contributed by atoms with Crippen molar-refractivity contribution in [2.45, 2.75) is 32.3 Å². The number of nitrogens with two attached hydrogens (primary N) is 1. The van der Waals surface area contributed by atoms with Crippen LogP contribution in [-0.2, 0) is 21.6 Å². The zero-order chi connectivity index (χ0) is 16.7. The van der Waals surface area contributed by atoms with Gasteiger partial charge in [-0.25, -0.2) is 0 Å². The number of esters is 1. The highest BCUT2D eigenvalue weighted by Gasteiger charge is 2.41. The van der Waals surface area contributed by atoms with Gasteiger partial charge in [-0.05, 0) is 17.7 Å². The third kappa shape index (κ3) is 3.99. The molecule has 3 heteroatoms. The summed E-state index contributed by atoms with van der Waals surface area (Å²) in [6.45, 7) is 4.30. The van der Waals surface area contributed by atoms with Crippen LogP contribution in [0.15, 0.2) is 60.7 Å². The molecule has 0 saturated heterocycles. The van der Waals surface area contributed by atoms with Gasteiger partial charge >= 0.3 is 5.97 Å². The van der Waals surface area contributed by atoms with E-state index < -0.39 is 5.60 Å². The maximum absolute atomic E-state index is 12.1. The van der Waals surface area contributed by atoms with Crippen molar-refractivity contribution in [2.24, 2.45) is 11.7 Å². The highest BCUT2D eigenvalue weighted by molar-refractivity contribution is 5.69. The first-order chi connectivity index (χ1) is 11.1. The molecule has 0 spiro atoms. The molecular formula is C20H25NO2. The molecule has 0 radical (unpaired) electrons. The molecule has 0 aromatic heterocycles. The van der Waals surface area contributed by atoms with Gasteiger partial charge < -0.3 is 10.5 Å². The fourth-order valence-electron chi connectivity index (χ4n) is 2.84. The fourth-order valence-corrected chi connectivity index (χ4v) is 2.84. The molecule has 3 nitrogen and oxygen atoms in total. The van der Waals surface area contributed by atoms with Gasteiger partial charge in [-0.1, -0.05) is 74.5 Å². The van der Waals surface area contributed by atoms with E-state index in [1.54, 1.807) is 0 Å². The maximum Gasteiger partial charge on any atom is 0.306 e. The first-order valence-electron chi connectivity index (χ1n) is 8.13. The summed E-state index contributed by atoms with van der Waals surface area (Å²) in [4.78, 5) is 12.1. The predicted octanol–water partition coefficient (Wildman–Crippen LogP) is 3.67. The molecule has 2 aromatic carbocycles. The molecule has 0 aliphatic carbocycles. The van der Waals surface area contributed by atoms with E-state index in [1.165, 1.54) is 0 Å². The molecule has 0 bridgehead atoms. The molecule has 23 heavy (non-hydrogen) atoms. The monoisotopic (exact) mass is 311 g/mol. The molecule has 2 rings (SSSR count). The third-order valence-electron chi connectivity index (χ3n) is 4.31. The van der Waals surface area contributed by atoms with Crippen molar-refractivity contribution >= 4 is 5.97 Å². The standard InChI is InChI=1S/C20H25NO2/c1-3-19(22)23-20(16(2)15-21,18-12-8-5-9-13-18)14-17-10-6-4-7-11-17/h4-13,16H,3,14-15,21H2,1-2H3. The third-order valence-corrected chi connectivity index (χ3v) is 4.31. The SMILES string of the molecule is CCC(=O)OC(Cc1ccccc1)(c1ccccc1)C(C)CN. The van der Waals surface area contributed by atoms with Gasteiger partial charge in [0.2, 0.25) is 0 Å². The second-order valence-corrected chi connectivity index (χ2v) is 5.88. The molecule has 0 saturated carbocycles. The summed E-state index contributed by atoms with van der Waals surface area (Å²) < 4.78 is 6.01. The van der Waals surface area contributed by atoms with Crippen LogP contribution < -0.4 is 5.73 Å². The molecular weight excluding hydrogens is 286 g/mol. The average Bonchev–Trinajstić information content (AvgIpc) is 2.61. The summed E-state index contributed by atoms with van der Waals surface area (Å²) in [5.41, 5.74) is 7.34. The van der Waals surface area contributed by atoms with Crippen molar-refractivity contribution in [1.29, 1.82) is 0 Å². The van der Waals surface area contributed by atoms with E-state index in [0.29, 0.717) is 19.4 Å². The molecule has 2 atom stereocenters. The van der Waals surface area contributed by atoms with Crippen LogP contribution in [0.25, 0.3) is 0 Å². The van der Waals surface area contributed by atoms with Crippen molar-refractivity contribution in [3.8, 4) is 0 Å². The number of carbonyl (C=O) groups is 1. The molecule has 2 aromatic rings. The Bertz CT molecular complexity index is 612. The minimum Gasteiger partial charge on any atom is -0.453 e. The topological polar surface area (TPSA) is 52.3 Å². The lowest BCUT2D eigenvalue weighted by atomic mass is 9.77. The summed E-state index contributed by atoms with van der Waals surface area (Å²) in [7, 11) is 0. The Hall–Kier alpha value is -2.13. The van der Waals surface area contributed by atoms with Crippen LogP contribution in [0.3, 0.4) is 0 Å². The van der Waals surface area contributed by atoms with Gasteiger partial charge in [0, 0.05) is 18.8 Å². The van der Waals surface area contributed by atoms with E-state index in [9.17, 15) is 4.79 Å². The minimum atomic E-state index is -0.746. The van der Waals surface area contributed by atoms with Crippen LogP contribution >= 0.6 is 0 Å². The number of benzene rings is 2. The lowest BCUT2D eigenvalue weighted by molar-refractivity contribution is -0.167. The normalized spacial score (nSPS) is 14.7. The summed E-state index contributed by atoms with van der Waals surface area (Å²) in [6, 6.07) is 20.0. The van der Waals surface area contributed by atoms with Crippen LogP contribution in [0, 0.1) is 5.92 Å². The molecule has 0 fully saturated rings. The number of carbonyl (C=O) groups excluding carboxylic acids is 1. The number of hydrogen-bond donors (Lipinski definition) is 1. The maximum atomic E-state index is 12.1. The Kier molecular flexibility index (Phi) is 5.94. The molecule has 122 valence electrons. The van der Waals surface area contributed by atoms with E-state index in [2.05, 4.69) is 12.1 Å². The lowest BCUT2D eigenvalue weighted by Gasteiger charge is -2.39. The fraction of sp³-hybridized carbons (Fsp3) is 0.350. The van der Waals surface area contributed by atoms with Crippen molar-refractivity contribution in [3.63, 3.8) is 0 Å². The van der Waals surface area contributed by atoms with Crippen molar-refractivity contribution < 1.29 is 9.53 Å². The zero-order valence-electron chi connectivity index (χ0n) is 13.9. The first kappa shape index (κ1) is 17.2. The predicted molar refractivity (Wildman–Crippen MR) is 92.9 cm³/mol. The van der Waals surface area contributed by atoms with E-state index in [0.717, 1.165) is 11.1 Å². The lowest BCUT2D eigenvalue weighted by Crippen LogP contribution is -2.44.